The number of hydrogen-bond acceptors (Lipinski definition) is 7. The Hall–Kier alpha value is -2.83. The second-order valence-electron chi connectivity index (χ2n) is 4.98. The highest BCUT2D eigenvalue weighted by Crippen LogP contribution is 2.37. The number of likely N-dealkylation sites (N-methyl/N-ethyl adjacent to an activating group) is 1. The highest BCUT2D eigenvalue weighted by molar-refractivity contribution is 7.97. The monoisotopic (exact) mass is 390 g/mol. The van der Waals surface area contributed by atoms with Gasteiger partial charge in [-0.3, -0.25) is 4.79 Å². The number of halogens is 3. The number of nitrogens with two attached hydrogens (primary N) is 1. The number of rotatable bonds is 2. The fourth-order valence-corrected chi connectivity index (χ4v) is 2.90. The molecule has 0 atom stereocenters. The van der Waals surface area contributed by atoms with Gasteiger partial charge >= 0.3 is 12.1 Å². The maximum Gasteiger partial charge on any atom is 0.490 e. The molecular weight excluding hydrogens is 377 g/mol. The number of nitrogens with zero attached hydrogens (tertiary/aromatic N) is 3. The van der Waals surface area contributed by atoms with Gasteiger partial charge in [0.05, 0.1) is 12.1 Å². The van der Waals surface area contributed by atoms with E-state index in [-0.39, 0.29) is 5.91 Å². The standard InChI is InChI=1S/C11H12N6OS.C2HF3O2/c1-13-8(18)3-5-2-7-9-6(5)4-19-16-11(12)10(9)15-17-14-7;3-2(4,5)1(6)7/h2,17H,3-4H2,1H3,(H2,12,16)(H,13,18);(H,6,7). The lowest BCUT2D eigenvalue weighted by molar-refractivity contribution is -0.192. The van der Waals surface area contributed by atoms with Crippen molar-refractivity contribution >= 4 is 29.7 Å². The molecule has 0 bridgehead atoms. The predicted molar refractivity (Wildman–Crippen MR) is 86.5 cm³/mol. The summed E-state index contributed by atoms with van der Waals surface area (Å²) >= 11 is 1.36. The lowest BCUT2D eigenvalue weighted by atomic mass is 10.1. The number of carbonyl (C=O) groups excluding carboxylic acids is 1. The molecule has 0 aromatic rings. The van der Waals surface area contributed by atoms with Crippen molar-refractivity contribution in [2.24, 2.45) is 10.1 Å². The zero-order chi connectivity index (χ0) is 19.5. The summed E-state index contributed by atoms with van der Waals surface area (Å²) in [5.41, 5.74) is 10.1. The summed E-state index contributed by atoms with van der Waals surface area (Å²) in [5, 5.41) is 20.5. The Bertz CT molecular complexity index is 835. The van der Waals surface area contributed by atoms with Gasteiger partial charge in [0.15, 0.2) is 5.84 Å². The number of aromatic nitrogens is 3. The van der Waals surface area contributed by atoms with Gasteiger partial charge in [-0.1, -0.05) is 0 Å². The highest BCUT2D eigenvalue weighted by atomic mass is 32.2. The minimum Gasteiger partial charge on any atom is -0.475 e. The second-order valence-corrected chi connectivity index (χ2v) is 5.71. The average Bonchev–Trinajstić information content (AvgIpc) is 2.81. The molecule has 0 fully saturated rings. The summed E-state index contributed by atoms with van der Waals surface area (Å²) in [5.74, 6) is -1.75. The molecule has 0 spiro atoms. The molecule has 3 aliphatic rings. The van der Waals surface area contributed by atoms with Crippen LogP contribution in [0.25, 0.3) is 11.3 Å². The molecule has 5 N–H and O–H groups in total. The molecule has 0 saturated heterocycles. The van der Waals surface area contributed by atoms with Crippen LogP contribution < -0.4 is 11.1 Å². The number of H-pyrrole nitrogens is 1. The smallest absolute Gasteiger partial charge is 0.475 e. The van der Waals surface area contributed by atoms with E-state index in [0.717, 1.165) is 22.4 Å². The highest BCUT2D eigenvalue weighted by Gasteiger charge is 2.38. The van der Waals surface area contributed by atoms with Crippen molar-refractivity contribution in [3.8, 4) is 11.3 Å². The van der Waals surface area contributed by atoms with Crippen LogP contribution in [0.4, 0.5) is 13.2 Å². The van der Waals surface area contributed by atoms with Crippen molar-refractivity contribution in [3.63, 3.8) is 0 Å². The molecule has 2 heterocycles. The van der Waals surface area contributed by atoms with Crippen molar-refractivity contribution in [2.45, 2.75) is 18.3 Å². The first-order chi connectivity index (χ1) is 12.1. The molecule has 3 rings (SSSR count). The fourth-order valence-electron chi connectivity index (χ4n) is 2.16. The van der Waals surface area contributed by atoms with Crippen molar-refractivity contribution in [1.29, 1.82) is 0 Å². The van der Waals surface area contributed by atoms with E-state index in [1.807, 2.05) is 6.07 Å². The van der Waals surface area contributed by atoms with Crippen LogP contribution in [-0.4, -0.2) is 51.5 Å². The second kappa shape index (κ2) is 7.59. The molecule has 0 aromatic heterocycles. The number of alkyl halides is 3. The first-order valence-electron chi connectivity index (χ1n) is 6.96. The molecule has 0 saturated carbocycles. The number of aliphatic carboxylic acids is 1. The number of amides is 1. The number of hydrogen-bond donors (Lipinski definition) is 4. The summed E-state index contributed by atoms with van der Waals surface area (Å²) in [6.07, 6.45) is -4.76. The van der Waals surface area contributed by atoms with Crippen molar-refractivity contribution in [2.75, 3.05) is 7.05 Å². The van der Waals surface area contributed by atoms with Gasteiger partial charge in [-0.2, -0.15) is 33.0 Å². The van der Waals surface area contributed by atoms with Gasteiger partial charge in [-0.05, 0) is 29.1 Å². The number of nitrogens with one attached hydrogen (secondary N) is 2. The SMILES string of the molecule is CNC(=O)Cc1cc2n[nH]nc3c-2c1CSN=C3N.O=C(O)C(F)(F)F. The largest absolute Gasteiger partial charge is 0.490 e. The lowest BCUT2D eigenvalue weighted by Gasteiger charge is -2.05. The van der Waals surface area contributed by atoms with Crippen LogP contribution >= 0.6 is 11.9 Å². The van der Waals surface area contributed by atoms with E-state index in [2.05, 4.69) is 25.1 Å². The number of carboxylic acids is 1. The van der Waals surface area contributed by atoms with Crippen LogP contribution in [0.1, 0.15) is 16.8 Å². The van der Waals surface area contributed by atoms with Gasteiger partial charge in [0.1, 0.15) is 5.69 Å². The van der Waals surface area contributed by atoms with Gasteiger partial charge in [-0.25, -0.2) is 4.79 Å². The molecular formula is C13H13F3N6O3S. The molecule has 13 heteroatoms. The quantitative estimate of drug-likeness (QED) is 0.552. The predicted octanol–water partition coefficient (Wildman–Crippen LogP) is 0.698. The van der Waals surface area contributed by atoms with Crippen LogP contribution in [0.2, 0.25) is 0 Å². The fraction of sp³-hybridized carbons (Fsp3) is 0.308. The molecule has 26 heavy (non-hydrogen) atoms. The molecule has 9 nitrogen and oxygen atoms in total. The van der Waals surface area contributed by atoms with Crippen molar-refractivity contribution < 1.29 is 27.9 Å². The molecule has 1 aliphatic carbocycles. The molecule has 0 aromatic carbocycles. The zero-order valence-corrected chi connectivity index (χ0v) is 14.0. The minimum atomic E-state index is -5.08. The van der Waals surface area contributed by atoms with Gasteiger partial charge < -0.3 is 16.2 Å². The summed E-state index contributed by atoms with van der Waals surface area (Å²) < 4.78 is 35.9. The Labute approximate surface area is 148 Å². The maximum atomic E-state index is 11.6. The van der Waals surface area contributed by atoms with Crippen LogP contribution in [0.3, 0.4) is 0 Å². The molecule has 140 valence electrons. The van der Waals surface area contributed by atoms with Crippen molar-refractivity contribution in [1.82, 2.24) is 20.7 Å². The summed E-state index contributed by atoms with van der Waals surface area (Å²) in [7, 11) is 1.62. The van der Waals surface area contributed by atoms with E-state index < -0.39 is 12.1 Å². The Kier molecular flexibility index (Phi) is 5.69. The van der Waals surface area contributed by atoms with Crippen LogP contribution in [0.15, 0.2) is 10.5 Å². The summed E-state index contributed by atoms with van der Waals surface area (Å²) in [6, 6.07) is 1.90. The van der Waals surface area contributed by atoms with Gasteiger partial charge in [0.25, 0.3) is 0 Å². The zero-order valence-electron chi connectivity index (χ0n) is 13.2. The first-order valence-corrected chi connectivity index (χ1v) is 7.91. The number of carbonyl (C=O) groups is 2. The normalized spacial score (nSPS) is 13.3. The number of carboxylic acid groups (broad SMARTS) is 1. The Morgan fingerprint density at radius 2 is 2.08 bits per heavy atom. The first kappa shape index (κ1) is 19.5. The third-order valence-electron chi connectivity index (χ3n) is 3.31. The van der Waals surface area contributed by atoms with Crippen molar-refractivity contribution in [3.05, 3.63) is 22.9 Å². The van der Waals surface area contributed by atoms with Crippen LogP contribution in [0.5, 0.6) is 0 Å². The molecule has 0 unspecified atom stereocenters. The van der Waals surface area contributed by atoms with E-state index in [1.54, 1.807) is 7.05 Å². The maximum absolute atomic E-state index is 11.6. The third kappa shape index (κ3) is 4.22. The minimum absolute atomic E-state index is 0.0341. The topological polar surface area (TPSA) is 146 Å². The summed E-state index contributed by atoms with van der Waals surface area (Å²) in [4.78, 5) is 20.5. The molecule has 1 amide bonds. The van der Waals surface area contributed by atoms with E-state index in [1.165, 1.54) is 11.9 Å². The Morgan fingerprint density at radius 3 is 2.65 bits per heavy atom. The summed E-state index contributed by atoms with van der Waals surface area (Å²) in [6.45, 7) is 0. The third-order valence-corrected chi connectivity index (χ3v) is 4.06. The van der Waals surface area contributed by atoms with Gasteiger partial charge in [0, 0.05) is 18.4 Å². The van der Waals surface area contributed by atoms with Gasteiger partial charge in [-0.15, -0.1) is 0 Å². The van der Waals surface area contributed by atoms with E-state index in [9.17, 15) is 18.0 Å². The average molecular weight is 390 g/mol. The van der Waals surface area contributed by atoms with Crippen LogP contribution in [-0.2, 0) is 21.8 Å². The van der Waals surface area contributed by atoms with E-state index in [0.29, 0.717) is 23.7 Å². The Balaban J connectivity index is 0.000000298. The van der Waals surface area contributed by atoms with E-state index in [4.69, 9.17) is 15.6 Å². The van der Waals surface area contributed by atoms with Crippen LogP contribution in [0, 0.1) is 0 Å². The Morgan fingerprint density at radius 1 is 1.42 bits per heavy atom. The number of amidine groups is 1. The van der Waals surface area contributed by atoms with E-state index >= 15 is 0 Å². The molecule has 2 aliphatic heterocycles. The van der Waals surface area contributed by atoms with Gasteiger partial charge in [0.2, 0.25) is 5.91 Å². The molecule has 0 radical (unpaired) electrons. The lowest BCUT2D eigenvalue weighted by Crippen LogP contribution is -2.21. The number of aromatic amines is 1.